The predicted molar refractivity (Wildman–Crippen MR) is 119 cm³/mol. The molecule has 0 amide bonds. The molecule has 2 rings (SSSR count). The molecule has 0 spiro atoms. The number of aryl methyl sites for hydroxylation is 1. The average Bonchev–Trinajstić information content (AvgIpc) is 2.69. The summed E-state index contributed by atoms with van der Waals surface area (Å²) in [6.07, 6.45) is 2.57. The number of benzene rings is 1. The molecule has 2 N–H and O–H groups in total. The van der Waals surface area contributed by atoms with Crippen LogP contribution in [0.4, 0.5) is 0 Å². The largest absolute Gasteiger partial charge is 0.491 e. The van der Waals surface area contributed by atoms with Crippen LogP contribution in [-0.4, -0.2) is 52.6 Å². The Morgan fingerprint density at radius 1 is 1.24 bits per heavy atom. The van der Waals surface area contributed by atoms with Crippen molar-refractivity contribution in [2.45, 2.75) is 53.2 Å². The number of hydrogen-bond donors (Lipinski definition) is 2. The predicted octanol–water partition coefficient (Wildman–Crippen LogP) is 3.53. The first-order chi connectivity index (χ1) is 13.8. The summed E-state index contributed by atoms with van der Waals surface area (Å²) in [5.41, 5.74) is 2.41. The highest BCUT2D eigenvalue weighted by Gasteiger charge is 2.35. The minimum Gasteiger partial charge on any atom is -0.491 e. The molecule has 0 aliphatic carbocycles. The average molecular weight is 406 g/mol. The summed E-state index contributed by atoms with van der Waals surface area (Å²) in [7, 11) is 3.48. The Hall–Kier alpha value is -1.79. The fourth-order valence-electron chi connectivity index (χ4n) is 3.81. The van der Waals surface area contributed by atoms with Gasteiger partial charge in [-0.15, -0.1) is 0 Å². The van der Waals surface area contributed by atoms with E-state index in [-0.39, 0.29) is 11.5 Å². The van der Waals surface area contributed by atoms with Gasteiger partial charge in [0.25, 0.3) is 0 Å². The molecule has 1 aromatic carbocycles. The number of ether oxygens (including phenoxy) is 3. The zero-order valence-corrected chi connectivity index (χ0v) is 19.0. The Morgan fingerprint density at radius 2 is 2.03 bits per heavy atom. The molecular formula is C23H39N3O3. The highest BCUT2D eigenvalue weighted by atomic mass is 16.5. The topological polar surface area (TPSA) is 64.1 Å². The van der Waals surface area contributed by atoms with Crippen LogP contribution in [0.25, 0.3) is 0 Å². The van der Waals surface area contributed by atoms with Gasteiger partial charge in [0.15, 0.2) is 5.96 Å². The van der Waals surface area contributed by atoms with E-state index in [1.807, 2.05) is 0 Å². The molecule has 1 fully saturated rings. The molecule has 1 heterocycles. The van der Waals surface area contributed by atoms with E-state index < -0.39 is 0 Å². The van der Waals surface area contributed by atoms with Crippen LogP contribution in [0, 0.1) is 18.3 Å². The first-order valence-corrected chi connectivity index (χ1v) is 10.6. The number of nitrogens with zero attached hydrogens (tertiary/aromatic N) is 1. The lowest BCUT2D eigenvalue weighted by molar-refractivity contribution is -0.0835. The van der Waals surface area contributed by atoms with Gasteiger partial charge in [-0.05, 0) is 36.8 Å². The first-order valence-electron chi connectivity index (χ1n) is 10.6. The van der Waals surface area contributed by atoms with Crippen molar-refractivity contribution in [3.8, 4) is 5.75 Å². The number of rotatable bonds is 8. The molecule has 0 radical (unpaired) electrons. The molecule has 2 atom stereocenters. The van der Waals surface area contributed by atoms with Gasteiger partial charge >= 0.3 is 0 Å². The minimum atomic E-state index is 0.139. The van der Waals surface area contributed by atoms with Crippen LogP contribution in [-0.2, 0) is 16.0 Å². The van der Waals surface area contributed by atoms with Gasteiger partial charge in [0.1, 0.15) is 12.4 Å². The van der Waals surface area contributed by atoms with Gasteiger partial charge in [0.05, 0.1) is 12.7 Å². The van der Waals surface area contributed by atoms with Crippen molar-refractivity contribution in [3.63, 3.8) is 0 Å². The van der Waals surface area contributed by atoms with Crippen LogP contribution in [0.15, 0.2) is 23.2 Å². The fourth-order valence-corrected chi connectivity index (χ4v) is 3.81. The maximum absolute atomic E-state index is 6.10. The summed E-state index contributed by atoms with van der Waals surface area (Å²) < 4.78 is 17.1. The third kappa shape index (κ3) is 7.52. The summed E-state index contributed by atoms with van der Waals surface area (Å²) in [6.45, 7) is 12.3. The number of guanidine groups is 1. The Balaban J connectivity index is 1.92. The molecule has 2 unspecified atom stereocenters. The van der Waals surface area contributed by atoms with Crippen molar-refractivity contribution in [1.29, 1.82) is 0 Å². The summed E-state index contributed by atoms with van der Waals surface area (Å²) in [4.78, 5) is 4.39. The van der Waals surface area contributed by atoms with E-state index in [4.69, 9.17) is 14.2 Å². The van der Waals surface area contributed by atoms with E-state index in [1.54, 1.807) is 14.2 Å². The lowest BCUT2D eigenvalue weighted by Gasteiger charge is -2.40. The smallest absolute Gasteiger partial charge is 0.191 e. The third-order valence-corrected chi connectivity index (χ3v) is 5.27. The second-order valence-corrected chi connectivity index (χ2v) is 8.82. The number of hydrogen-bond acceptors (Lipinski definition) is 4. The van der Waals surface area contributed by atoms with Gasteiger partial charge in [-0.1, -0.05) is 32.9 Å². The lowest BCUT2D eigenvalue weighted by atomic mass is 9.78. The maximum atomic E-state index is 6.10. The fraction of sp³-hybridized carbons (Fsp3) is 0.696. The van der Waals surface area contributed by atoms with Gasteiger partial charge in [-0.2, -0.15) is 0 Å². The van der Waals surface area contributed by atoms with Crippen molar-refractivity contribution in [2.75, 3.05) is 40.5 Å². The van der Waals surface area contributed by atoms with Gasteiger partial charge in [-0.25, -0.2) is 0 Å². The lowest BCUT2D eigenvalue weighted by Crippen LogP contribution is -2.47. The van der Waals surface area contributed by atoms with Crippen LogP contribution in [0.2, 0.25) is 0 Å². The highest BCUT2D eigenvalue weighted by Crippen LogP contribution is 2.33. The molecule has 0 bridgehead atoms. The second kappa shape index (κ2) is 11.4. The number of nitrogens with one attached hydrogen (secondary N) is 2. The van der Waals surface area contributed by atoms with E-state index in [9.17, 15) is 0 Å². The maximum Gasteiger partial charge on any atom is 0.191 e. The van der Waals surface area contributed by atoms with E-state index in [0.717, 1.165) is 36.8 Å². The van der Waals surface area contributed by atoms with Gasteiger partial charge in [0.2, 0.25) is 0 Å². The van der Waals surface area contributed by atoms with Gasteiger partial charge in [0, 0.05) is 45.3 Å². The molecule has 0 saturated carbocycles. The van der Waals surface area contributed by atoms with Crippen molar-refractivity contribution >= 4 is 5.96 Å². The van der Waals surface area contributed by atoms with Crippen molar-refractivity contribution < 1.29 is 14.2 Å². The zero-order valence-electron chi connectivity index (χ0n) is 19.0. The monoisotopic (exact) mass is 405 g/mol. The minimum absolute atomic E-state index is 0.139. The summed E-state index contributed by atoms with van der Waals surface area (Å²) in [6, 6.07) is 6.27. The van der Waals surface area contributed by atoms with Crippen LogP contribution in [0.3, 0.4) is 0 Å². The SMILES string of the molecule is CN=C(NCc1ccc(C)cc1OCCOC)NCC1CCCOC1C(C)(C)C. The molecule has 1 aliphatic heterocycles. The van der Waals surface area contributed by atoms with Crippen molar-refractivity contribution in [1.82, 2.24) is 10.6 Å². The molecule has 0 aromatic heterocycles. The van der Waals surface area contributed by atoms with Gasteiger partial charge in [-0.3, -0.25) is 4.99 Å². The molecule has 1 aliphatic rings. The Labute approximate surface area is 176 Å². The molecular weight excluding hydrogens is 366 g/mol. The summed E-state index contributed by atoms with van der Waals surface area (Å²) in [5, 5.41) is 6.91. The molecule has 1 saturated heterocycles. The van der Waals surface area contributed by atoms with Crippen LogP contribution >= 0.6 is 0 Å². The standard InChI is InChI=1S/C23H39N3O3/c1-17-9-10-18(20(14-17)28-13-12-27-6)15-25-22(24-5)26-16-19-8-7-11-29-21(19)23(2,3)4/h9-10,14,19,21H,7-8,11-13,15-16H2,1-6H3,(H2,24,25,26). The molecule has 6 heteroatoms. The van der Waals surface area contributed by atoms with Crippen LogP contribution in [0.1, 0.15) is 44.7 Å². The summed E-state index contributed by atoms with van der Waals surface area (Å²) >= 11 is 0. The number of methoxy groups -OCH3 is 1. The Bertz CT molecular complexity index is 655. The van der Waals surface area contributed by atoms with Crippen LogP contribution < -0.4 is 15.4 Å². The molecule has 164 valence electrons. The van der Waals surface area contributed by atoms with Crippen LogP contribution in [0.5, 0.6) is 5.75 Å². The second-order valence-electron chi connectivity index (χ2n) is 8.82. The molecule has 6 nitrogen and oxygen atoms in total. The molecule has 1 aromatic rings. The van der Waals surface area contributed by atoms with E-state index in [0.29, 0.717) is 25.7 Å². The van der Waals surface area contributed by atoms with Gasteiger partial charge < -0.3 is 24.8 Å². The summed E-state index contributed by atoms with van der Waals surface area (Å²) in [5.74, 6) is 2.17. The Kier molecular flexibility index (Phi) is 9.24. The van der Waals surface area contributed by atoms with Crippen molar-refractivity contribution in [3.05, 3.63) is 29.3 Å². The van der Waals surface area contributed by atoms with E-state index in [2.05, 4.69) is 61.5 Å². The third-order valence-electron chi connectivity index (χ3n) is 5.27. The molecule has 29 heavy (non-hydrogen) atoms. The first kappa shape index (κ1) is 23.5. The quantitative estimate of drug-likeness (QED) is 0.394. The van der Waals surface area contributed by atoms with E-state index >= 15 is 0 Å². The number of aliphatic imine (C=N–C) groups is 1. The van der Waals surface area contributed by atoms with E-state index in [1.165, 1.54) is 12.0 Å². The normalized spacial score (nSPS) is 20.4. The zero-order chi connectivity index (χ0) is 21.3. The van der Waals surface area contributed by atoms with Crippen molar-refractivity contribution in [2.24, 2.45) is 16.3 Å². The Morgan fingerprint density at radius 3 is 2.72 bits per heavy atom. The highest BCUT2D eigenvalue weighted by molar-refractivity contribution is 5.79.